The number of nitrogen functional groups attached to an aromatic ring is 2. The molecule has 4 N–H and O–H groups in total. The summed E-state index contributed by atoms with van der Waals surface area (Å²) >= 11 is 0. The Labute approximate surface area is 52.9 Å². The van der Waals surface area contributed by atoms with Crippen LogP contribution in [-0.2, 0) is 5.11 Å². The molecule has 0 bridgehead atoms. The molecule has 0 aliphatic heterocycles. The van der Waals surface area contributed by atoms with Crippen LogP contribution in [-0.4, -0.2) is 0 Å². The van der Waals surface area contributed by atoms with E-state index in [0.29, 0.717) is 0 Å². The molecule has 9 heavy (non-hydrogen) atoms. The zero-order valence-corrected chi connectivity index (χ0v) is 4.79. The van der Waals surface area contributed by atoms with Crippen LogP contribution >= 0.6 is 0 Å². The third kappa shape index (κ3) is 0.887. The fourth-order valence-corrected chi connectivity index (χ4v) is 0.573. The summed E-state index contributed by atoms with van der Waals surface area (Å²) in [6.07, 6.45) is 0. The van der Waals surface area contributed by atoms with Gasteiger partial charge in [-0.25, -0.2) is 0 Å². The molecule has 1 aromatic carbocycles. The topological polar surface area (TPSA) is 71.9 Å². The predicted molar refractivity (Wildman–Crippen MR) is 35.4 cm³/mol. The van der Waals surface area contributed by atoms with Gasteiger partial charge in [-0.3, -0.25) is 5.11 Å². The molecule has 3 heteroatoms. The molecule has 0 fully saturated rings. The van der Waals surface area contributed by atoms with Gasteiger partial charge in [0, 0.05) is 0 Å². The van der Waals surface area contributed by atoms with Crippen molar-refractivity contribution >= 4 is 11.4 Å². The van der Waals surface area contributed by atoms with Gasteiger partial charge in [0.2, 0.25) is 5.75 Å². The lowest BCUT2D eigenvalue weighted by Gasteiger charge is -1.95. The Kier molecular flexibility index (Phi) is 1.18. The molecule has 0 unspecified atom stereocenters. The number of para-hydroxylation sites is 1. The highest BCUT2D eigenvalue weighted by atomic mass is 16.3. The average Bonchev–Trinajstić information content (AvgIpc) is 1.83. The molecule has 47 valence electrons. The number of anilines is 2. The Morgan fingerprint density at radius 1 is 1.11 bits per heavy atom. The maximum Gasteiger partial charge on any atom is 0.224 e. The highest BCUT2D eigenvalue weighted by molar-refractivity contribution is 5.65. The van der Waals surface area contributed by atoms with E-state index in [9.17, 15) is 5.11 Å². The standard InChI is InChI=1S/C6H7N2O/c7-4-2-1-3-5(8)6(4)9/h1-3H,7-8H2. The maximum atomic E-state index is 10.7. The summed E-state index contributed by atoms with van der Waals surface area (Å²) in [5.41, 5.74) is 10.9. The summed E-state index contributed by atoms with van der Waals surface area (Å²) < 4.78 is 0. The van der Waals surface area contributed by atoms with Crippen molar-refractivity contribution in [3.8, 4) is 5.75 Å². The first-order chi connectivity index (χ1) is 4.22. The lowest BCUT2D eigenvalue weighted by atomic mass is 10.2. The lowest BCUT2D eigenvalue weighted by molar-refractivity contribution is 0.359. The summed E-state index contributed by atoms with van der Waals surface area (Å²) in [6, 6.07) is 4.70. The molecule has 0 heterocycles. The van der Waals surface area contributed by atoms with E-state index in [2.05, 4.69) is 0 Å². The van der Waals surface area contributed by atoms with E-state index in [4.69, 9.17) is 11.5 Å². The Balaban J connectivity index is 3.25. The smallest absolute Gasteiger partial charge is 0.224 e. The van der Waals surface area contributed by atoms with E-state index in [1.54, 1.807) is 6.07 Å². The van der Waals surface area contributed by atoms with Gasteiger partial charge in [0.15, 0.2) is 0 Å². The van der Waals surface area contributed by atoms with E-state index in [0.717, 1.165) is 0 Å². The highest BCUT2D eigenvalue weighted by Crippen LogP contribution is 2.26. The van der Waals surface area contributed by atoms with Crippen LogP contribution < -0.4 is 11.5 Å². The molecule has 0 saturated carbocycles. The number of nitrogens with two attached hydrogens (primary N) is 2. The van der Waals surface area contributed by atoms with Crippen LogP contribution in [0.3, 0.4) is 0 Å². The van der Waals surface area contributed by atoms with Crippen LogP contribution in [0.5, 0.6) is 5.75 Å². The van der Waals surface area contributed by atoms with Gasteiger partial charge in [-0.05, 0) is 12.1 Å². The van der Waals surface area contributed by atoms with E-state index in [1.807, 2.05) is 0 Å². The summed E-state index contributed by atoms with van der Waals surface area (Å²) in [4.78, 5) is 0. The van der Waals surface area contributed by atoms with E-state index in [-0.39, 0.29) is 17.1 Å². The Morgan fingerprint density at radius 2 is 1.56 bits per heavy atom. The molecule has 1 radical (unpaired) electrons. The second-order valence-electron chi connectivity index (χ2n) is 1.77. The predicted octanol–water partition coefficient (Wildman–Crippen LogP) is 0.995. The van der Waals surface area contributed by atoms with Crippen molar-refractivity contribution in [1.82, 2.24) is 0 Å². The van der Waals surface area contributed by atoms with Crippen molar-refractivity contribution in [1.29, 1.82) is 0 Å². The molecule has 0 aromatic heterocycles. The van der Waals surface area contributed by atoms with Gasteiger partial charge in [0.25, 0.3) is 0 Å². The van der Waals surface area contributed by atoms with Crippen molar-refractivity contribution in [2.45, 2.75) is 0 Å². The van der Waals surface area contributed by atoms with Gasteiger partial charge in [0.1, 0.15) is 0 Å². The van der Waals surface area contributed by atoms with Crippen LogP contribution in [0.15, 0.2) is 18.2 Å². The molecule has 0 amide bonds. The summed E-state index contributed by atoms with van der Waals surface area (Å²) in [5, 5.41) is 10.7. The maximum absolute atomic E-state index is 10.7. The molecular weight excluding hydrogens is 116 g/mol. The summed E-state index contributed by atoms with van der Waals surface area (Å²) in [6.45, 7) is 0. The van der Waals surface area contributed by atoms with Crippen LogP contribution in [0.1, 0.15) is 0 Å². The first-order valence-corrected chi connectivity index (χ1v) is 2.53. The van der Waals surface area contributed by atoms with E-state index in [1.165, 1.54) is 12.1 Å². The van der Waals surface area contributed by atoms with Crippen LogP contribution in [0, 0.1) is 0 Å². The molecule has 0 atom stereocenters. The highest BCUT2D eigenvalue weighted by Gasteiger charge is 1.99. The van der Waals surface area contributed by atoms with Gasteiger partial charge in [-0.2, -0.15) is 0 Å². The molecular formula is C6H7N2O. The molecule has 0 spiro atoms. The molecule has 0 saturated heterocycles. The summed E-state index contributed by atoms with van der Waals surface area (Å²) in [7, 11) is 0. The minimum Gasteiger partial charge on any atom is -0.396 e. The Hall–Kier alpha value is -1.38. The number of rotatable bonds is 0. The van der Waals surface area contributed by atoms with Gasteiger partial charge < -0.3 is 11.5 Å². The van der Waals surface area contributed by atoms with Gasteiger partial charge >= 0.3 is 0 Å². The third-order valence-corrected chi connectivity index (χ3v) is 1.08. The monoisotopic (exact) mass is 123 g/mol. The quantitative estimate of drug-likeness (QED) is 0.505. The second-order valence-corrected chi connectivity index (χ2v) is 1.77. The van der Waals surface area contributed by atoms with Gasteiger partial charge in [-0.15, -0.1) is 0 Å². The largest absolute Gasteiger partial charge is 0.396 e. The fraction of sp³-hybridized carbons (Fsp3) is 0. The molecule has 1 rings (SSSR count). The van der Waals surface area contributed by atoms with Crippen molar-refractivity contribution in [2.24, 2.45) is 0 Å². The SMILES string of the molecule is Nc1cccc(N)c1[O]. The third-order valence-electron chi connectivity index (χ3n) is 1.08. The number of benzene rings is 1. The van der Waals surface area contributed by atoms with Crippen LogP contribution in [0.4, 0.5) is 11.4 Å². The summed E-state index contributed by atoms with van der Waals surface area (Å²) in [5.74, 6) is -0.280. The lowest BCUT2D eigenvalue weighted by Crippen LogP contribution is -1.89. The number of hydrogen-bond acceptors (Lipinski definition) is 2. The molecule has 1 aromatic rings. The Morgan fingerprint density at radius 3 is 1.89 bits per heavy atom. The van der Waals surface area contributed by atoms with Gasteiger partial charge in [-0.1, -0.05) is 6.07 Å². The van der Waals surface area contributed by atoms with Crippen LogP contribution in [0.25, 0.3) is 0 Å². The average molecular weight is 123 g/mol. The fourth-order valence-electron chi connectivity index (χ4n) is 0.573. The van der Waals surface area contributed by atoms with Crippen molar-refractivity contribution in [3.05, 3.63) is 18.2 Å². The minimum atomic E-state index is -0.280. The Bertz CT molecular complexity index is 202. The second kappa shape index (κ2) is 1.85. The molecule has 0 aliphatic rings. The van der Waals surface area contributed by atoms with Gasteiger partial charge in [0.05, 0.1) is 11.4 Å². The minimum absolute atomic E-state index is 0.204. The molecule has 0 aliphatic carbocycles. The first kappa shape index (κ1) is 5.75. The van der Waals surface area contributed by atoms with E-state index < -0.39 is 0 Å². The van der Waals surface area contributed by atoms with Crippen molar-refractivity contribution in [3.63, 3.8) is 0 Å². The van der Waals surface area contributed by atoms with Crippen LogP contribution in [0.2, 0.25) is 0 Å². The molecule has 3 nitrogen and oxygen atoms in total. The van der Waals surface area contributed by atoms with Crippen molar-refractivity contribution in [2.75, 3.05) is 11.5 Å². The first-order valence-electron chi connectivity index (χ1n) is 2.53. The normalized spacial score (nSPS) is 9.33. The zero-order chi connectivity index (χ0) is 6.85. The number of hydrogen-bond donors (Lipinski definition) is 2. The van der Waals surface area contributed by atoms with E-state index >= 15 is 0 Å². The zero-order valence-electron chi connectivity index (χ0n) is 4.79. The van der Waals surface area contributed by atoms with Crippen molar-refractivity contribution < 1.29 is 5.11 Å².